The average Bonchev–Trinajstić information content (AvgIpc) is 2.87. The number of amides is 2. The van der Waals surface area contributed by atoms with Gasteiger partial charge in [0.05, 0.1) is 31.0 Å². The van der Waals surface area contributed by atoms with E-state index < -0.39 is 0 Å². The van der Waals surface area contributed by atoms with E-state index in [2.05, 4.69) is 5.32 Å². The summed E-state index contributed by atoms with van der Waals surface area (Å²) >= 11 is 0. The fourth-order valence-electron chi connectivity index (χ4n) is 3.28. The third-order valence-electron chi connectivity index (χ3n) is 4.87. The lowest BCUT2D eigenvalue weighted by Crippen LogP contribution is -2.25. The van der Waals surface area contributed by atoms with Crippen molar-refractivity contribution in [1.82, 2.24) is 0 Å². The van der Waals surface area contributed by atoms with Gasteiger partial charge in [-0.1, -0.05) is 12.1 Å². The van der Waals surface area contributed by atoms with Crippen molar-refractivity contribution in [3.8, 4) is 23.0 Å². The maximum atomic E-state index is 12.8. The number of anilines is 2. The molecule has 0 radical (unpaired) electrons. The summed E-state index contributed by atoms with van der Waals surface area (Å²) in [6, 6.07) is 17.2. The van der Waals surface area contributed by atoms with Gasteiger partial charge < -0.3 is 24.4 Å². The standard InChI is InChI=1S/C23H20N2O5/c1-25-18-11-8-14(12-21(18)30-19-7-5-4-6-17(19)23(25)27)24-22(26)16-10-9-15(28-2)13-20(16)29-3/h4-13H,1-3H3,(H,24,26). The fourth-order valence-corrected chi connectivity index (χ4v) is 3.28. The Hall–Kier alpha value is -4.00. The number of methoxy groups -OCH3 is 2. The van der Waals surface area contributed by atoms with Crippen LogP contribution in [0, 0.1) is 0 Å². The Bertz CT molecular complexity index is 1140. The molecular weight excluding hydrogens is 384 g/mol. The number of carbonyl (C=O) groups excluding carboxylic acids is 2. The first-order valence-corrected chi connectivity index (χ1v) is 9.24. The quantitative estimate of drug-likeness (QED) is 0.700. The van der Waals surface area contributed by atoms with Gasteiger partial charge in [0, 0.05) is 24.9 Å². The van der Waals surface area contributed by atoms with Crippen LogP contribution < -0.4 is 24.4 Å². The Labute approximate surface area is 173 Å². The minimum atomic E-state index is -0.340. The van der Waals surface area contributed by atoms with Gasteiger partial charge in [0.25, 0.3) is 11.8 Å². The van der Waals surface area contributed by atoms with Crippen molar-refractivity contribution in [2.75, 3.05) is 31.5 Å². The lowest BCUT2D eigenvalue weighted by Gasteiger charge is -2.17. The zero-order valence-electron chi connectivity index (χ0n) is 16.8. The van der Waals surface area contributed by atoms with E-state index in [0.29, 0.717) is 45.5 Å². The summed E-state index contributed by atoms with van der Waals surface area (Å²) in [6.07, 6.45) is 0. The van der Waals surface area contributed by atoms with Gasteiger partial charge in [-0.3, -0.25) is 9.59 Å². The van der Waals surface area contributed by atoms with Gasteiger partial charge in [0.15, 0.2) is 5.75 Å². The van der Waals surface area contributed by atoms with Gasteiger partial charge in [0.1, 0.15) is 17.2 Å². The van der Waals surface area contributed by atoms with Crippen molar-refractivity contribution < 1.29 is 23.8 Å². The fraction of sp³-hybridized carbons (Fsp3) is 0.130. The number of benzene rings is 3. The molecule has 3 aromatic rings. The molecule has 0 bridgehead atoms. The van der Waals surface area contributed by atoms with Crippen LogP contribution >= 0.6 is 0 Å². The maximum absolute atomic E-state index is 12.8. The third-order valence-corrected chi connectivity index (χ3v) is 4.87. The van der Waals surface area contributed by atoms with Gasteiger partial charge in [0.2, 0.25) is 0 Å². The van der Waals surface area contributed by atoms with Crippen LogP contribution in [0.15, 0.2) is 60.7 Å². The molecule has 2 amide bonds. The Kier molecular flexibility index (Phi) is 5.02. The molecule has 7 nitrogen and oxygen atoms in total. The molecule has 1 aliphatic heterocycles. The Morgan fingerprint density at radius 2 is 1.77 bits per heavy atom. The number of rotatable bonds is 4. The van der Waals surface area contributed by atoms with Gasteiger partial charge >= 0.3 is 0 Å². The molecule has 0 spiro atoms. The molecule has 0 aliphatic carbocycles. The number of ether oxygens (including phenoxy) is 3. The summed E-state index contributed by atoms with van der Waals surface area (Å²) in [7, 11) is 4.73. The van der Waals surface area contributed by atoms with E-state index in [-0.39, 0.29) is 11.8 Å². The molecule has 0 aromatic heterocycles. The molecule has 1 heterocycles. The topological polar surface area (TPSA) is 77.1 Å². The first-order valence-electron chi connectivity index (χ1n) is 9.24. The Balaban J connectivity index is 1.65. The third kappa shape index (κ3) is 3.41. The number of fused-ring (bicyclic) bond motifs is 2. The molecule has 0 unspecified atom stereocenters. The molecule has 0 saturated carbocycles. The number of hydrogen-bond donors (Lipinski definition) is 1. The van der Waals surface area contributed by atoms with Crippen LogP contribution in [0.5, 0.6) is 23.0 Å². The van der Waals surface area contributed by atoms with Crippen molar-refractivity contribution in [2.45, 2.75) is 0 Å². The summed E-state index contributed by atoms with van der Waals surface area (Å²) in [4.78, 5) is 27.1. The van der Waals surface area contributed by atoms with Gasteiger partial charge in [-0.2, -0.15) is 0 Å². The van der Waals surface area contributed by atoms with E-state index in [1.54, 1.807) is 74.8 Å². The summed E-state index contributed by atoms with van der Waals surface area (Å²) in [5.41, 5.74) is 1.98. The normalized spacial score (nSPS) is 12.2. The summed E-state index contributed by atoms with van der Waals surface area (Å²) in [5, 5.41) is 2.85. The van der Waals surface area contributed by atoms with E-state index in [4.69, 9.17) is 14.2 Å². The predicted molar refractivity (Wildman–Crippen MR) is 113 cm³/mol. The summed E-state index contributed by atoms with van der Waals surface area (Å²) in [5.74, 6) is 1.42. The zero-order valence-corrected chi connectivity index (χ0v) is 16.8. The number of carbonyl (C=O) groups is 2. The van der Waals surface area contributed by atoms with E-state index in [1.165, 1.54) is 12.0 Å². The second-order valence-corrected chi connectivity index (χ2v) is 6.67. The van der Waals surface area contributed by atoms with Crippen LogP contribution in [-0.2, 0) is 0 Å². The molecule has 0 fully saturated rings. The molecule has 0 saturated heterocycles. The maximum Gasteiger partial charge on any atom is 0.261 e. The molecule has 4 rings (SSSR count). The highest BCUT2D eigenvalue weighted by molar-refractivity contribution is 6.10. The number of hydrogen-bond acceptors (Lipinski definition) is 5. The average molecular weight is 404 g/mol. The molecule has 1 N–H and O–H groups in total. The van der Waals surface area contributed by atoms with Crippen LogP contribution in [0.3, 0.4) is 0 Å². The SMILES string of the molecule is COc1ccc(C(=O)Nc2ccc3c(c2)Oc2ccccc2C(=O)N3C)c(OC)c1. The first kappa shape index (κ1) is 19.3. The largest absolute Gasteiger partial charge is 0.497 e. The lowest BCUT2D eigenvalue weighted by molar-refractivity contribution is 0.0990. The predicted octanol–water partition coefficient (Wildman–Crippen LogP) is 4.34. The highest BCUT2D eigenvalue weighted by atomic mass is 16.5. The van der Waals surface area contributed by atoms with Crippen molar-refractivity contribution in [3.05, 3.63) is 71.8 Å². The minimum absolute atomic E-state index is 0.163. The van der Waals surface area contributed by atoms with E-state index >= 15 is 0 Å². The van der Waals surface area contributed by atoms with Crippen molar-refractivity contribution in [3.63, 3.8) is 0 Å². The monoisotopic (exact) mass is 404 g/mol. The van der Waals surface area contributed by atoms with E-state index in [1.807, 2.05) is 0 Å². The number of para-hydroxylation sites is 1. The zero-order chi connectivity index (χ0) is 21.3. The summed E-state index contributed by atoms with van der Waals surface area (Å²) < 4.78 is 16.5. The molecular formula is C23H20N2O5. The van der Waals surface area contributed by atoms with E-state index in [9.17, 15) is 9.59 Å². The number of nitrogens with one attached hydrogen (secondary N) is 1. The number of nitrogens with zero attached hydrogens (tertiary/aromatic N) is 1. The molecule has 30 heavy (non-hydrogen) atoms. The highest BCUT2D eigenvalue weighted by Crippen LogP contribution is 2.39. The van der Waals surface area contributed by atoms with Crippen LogP contribution in [0.1, 0.15) is 20.7 Å². The van der Waals surface area contributed by atoms with Gasteiger partial charge in [-0.25, -0.2) is 0 Å². The molecule has 152 valence electrons. The van der Waals surface area contributed by atoms with Crippen molar-refractivity contribution in [1.29, 1.82) is 0 Å². The summed E-state index contributed by atoms with van der Waals surface area (Å²) in [6.45, 7) is 0. The Morgan fingerprint density at radius 1 is 0.967 bits per heavy atom. The minimum Gasteiger partial charge on any atom is -0.497 e. The van der Waals surface area contributed by atoms with Crippen LogP contribution in [-0.4, -0.2) is 33.1 Å². The van der Waals surface area contributed by atoms with Crippen molar-refractivity contribution >= 4 is 23.2 Å². The Morgan fingerprint density at radius 3 is 2.53 bits per heavy atom. The van der Waals surface area contributed by atoms with Crippen LogP contribution in [0.4, 0.5) is 11.4 Å². The van der Waals surface area contributed by atoms with Crippen molar-refractivity contribution in [2.24, 2.45) is 0 Å². The second-order valence-electron chi connectivity index (χ2n) is 6.67. The highest BCUT2D eigenvalue weighted by Gasteiger charge is 2.25. The van der Waals surface area contributed by atoms with Gasteiger partial charge in [-0.05, 0) is 36.4 Å². The molecule has 7 heteroatoms. The first-order chi connectivity index (χ1) is 14.5. The van der Waals surface area contributed by atoms with Crippen LogP contribution in [0.25, 0.3) is 0 Å². The molecule has 1 aliphatic rings. The smallest absolute Gasteiger partial charge is 0.261 e. The van der Waals surface area contributed by atoms with E-state index in [0.717, 1.165) is 0 Å². The van der Waals surface area contributed by atoms with Crippen LogP contribution in [0.2, 0.25) is 0 Å². The molecule has 0 atom stereocenters. The second kappa shape index (κ2) is 7.79. The molecule has 3 aromatic carbocycles. The lowest BCUT2D eigenvalue weighted by atomic mass is 10.1. The van der Waals surface area contributed by atoms with Gasteiger partial charge in [-0.15, -0.1) is 0 Å².